The first-order chi connectivity index (χ1) is 12.2. The summed E-state index contributed by atoms with van der Waals surface area (Å²) in [5, 5.41) is 14.9. The second-order valence-corrected chi connectivity index (χ2v) is 6.85. The maximum absolute atomic E-state index is 12.2. The number of nitrogens with zero attached hydrogens (tertiary/aromatic N) is 2. The van der Waals surface area contributed by atoms with Crippen LogP contribution in [0.15, 0.2) is 52.3 Å². The number of aliphatic hydroxyl groups excluding tert-OH is 1. The van der Waals surface area contributed by atoms with Gasteiger partial charge in [0.25, 0.3) is 5.91 Å². The summed E-state index contributed by atoms with van der Waals surface area (Å²) in [5.41, 5.74) is 1.93. The van der Waals surface area contributed by atoms with Gasteiger partial charge in [0.05, 0.1) is 23.2 Å². The highest BCUT2D eigenvalue weighted by molar-refractivity contribution is 7.13. The molecule has 3 aromatic heterocycles. The Balaban J connectivity index is 1.41. The lowest BCUT2D eigenvalue weighted by Gasteiger charge is -2.09. The van der Waals surface area contributed by atoms with Gasteiger partial charge in [-0.2, -0.15) is 8.75 Å². The number of aromatic nitrogens is 2. The van der Waals surface area contributed by atoms with Crippen molar-refractivity contribution in [2.45, 2.75) is 6.10 Å². The number of benzene rings is 1. The topological polar surface area (TPSA) is 88.2 Å². The van der Waals surface area contributed by atoms with Crippen molar-refractivity contribution in [1.29, 1.82) is 0 Å². The van der Waals surface area contributed by atoms with Gasteiger partial charge in [-0.15, -0.1) is 11.3 Å². The fraction of sp³-hybridized carbons (Fsp3) is 0.118. The summed E-state index contributed by atoms with van der Waals surface area (Å²) in [6.07, 6.45) is -0.915. The molecule has 8 heteroatoms. The molecule has 0 spiro atoms. The number of hydrogen-bond acceptors (Lipinski definition) is 7. The van der Waals surface area contributed by atoms with Crippen molar-refractivity contribution < 1.29 is 14.3 Å². The summed E-state index contributed by atoms with van der Waals surface area (Å²) < 4.78 is 13.9. The summed E-state index contributed by atoms with van der Waals surface area (Å²) in [4.78, 5) is 13.2. The number of carbonyl (C=O) groups excluding carboxylic acids is 1. The Morgan fingerprint density at radius 2 is 2.08 bits per heavy atom. The number of hydrogen-bond donors (Lipinski definition) is 2. The highest BCUT2D eigenvalue weighted by atomic mass is 32.1. The van der Waals surface area contributed by atoms with Crippen LogP contribution in [0, 0.1) is 0 Å². The SMILES string of the molecule is O=C(NCC(O)c1ccc(-c2cccs2)o1)c1ccc2nsnc2c1. The van der Waals surface area contributed by atoms with Gasteiger partial charge in [0.15, 0.2) is 0 Å². The van der Waals surface area contributed by atoms with Gasteiger partial charge in [0, 0.05) is 5.56 Å². The van der Waals surface area contributed by atoms with E-state index in [1.165, 1.54) is 0 Å². The summed E-state index contributed by atoms with van der Waals surface area (Å²) in [6.45, 7) is 0.0591. The normalized spacial score (nSPS) is 12.4. The second-order valence-electron chi connectivity index (χ2n) is 5.37. The average Bonchev–Trinajstić information content (AvgIpc) is 3.38. The van der Waals surface area contributed by atoms with Gasteiger partial charge in [-0.1, -0.05) is 6.07 Å². The molecule has 0 aliphatic rings. The zero-order valence-electron chi connectivity index (χ0n) is 12.9. The van der Waals surface area contributed by atoms with Crippen LogP contribution in [0.1, 0.15) is 22.2 Å². The van der Waals surface area contributed by atoms with E-state index >= 15 is 0 Å². The van der Waals surface area contributed by atoms with Crippen molar-refractivity contribution in [3.8, 4) is 10.6 Å². The molecular formula is C17H13N3O3S2. The van der Waals surface area contributed by atoms with Crippen LogP contribution < -0.4 is 5.32 Å². The van der Waals surface area contributed by atoms with Gasteiger partial charge in [-0.25, -0.2) is 0 Å². The minimum absolute atomic E-state index is 0.0591. The molecule has 6 nitrogen and oxygen atoms in total. The fourth-order valence-electron chi connectivity index (χ4n) is 2.40. The Morgan fingerprint density at radius 1 is 1.20 bits per heavy atom. The largest absolute Gasteiger partial charge is 0.457 e. The van der Waals surface area contributed by atoms with Crippen LogP contribution in [0.3, 0.4) is 0 Å². The fourth-order valence-corrected chi connectivity index (χ4v) is 3.60. The third kappa shape index (κ3) is 3.32. The molecule has 25 heavy (non-hydrogen) atoms. The molecule has 0 aliphatic carbocycles. The molecular weight excluding hydrogens is 358 g/mol. The molecule has 3 heterocycles. The standard InChI is InChI=1S/C17H13N3O3S2/c21-13(14-5-6-15(23-14)16-2-1-7-24-16)9-18-17(22)10-3-4-11-12(8-10)20-25-19-11/h1-8,13,21H,9H2,(H,18,22). The average molecular weight is 371 g/mol. The number of carbonyl (C=O) groups is 1. The number of rotatable bonds is 5. The Hall–Kier alpha value is -2.55. The quantitative estimate of drug-likeness (QED) is 0.561. The van der Waals surface area contributed by atoms with E-state index in [0.29, 0.717) is 22.6 Å². The van der Waals surface area contributed by atoms with E-state index in [1.54, 1.807) is 35.6 Å². The van der Waals surface area contributed by atoms with Crippen molar-refractivity contribution in [2.75, 3.05) is 6.54 Å². The molecule has 1 atom stereocenters. The number of aliphatic hydroxyl groups is 1. The molecule has 0 aliphatic heterocycles. The van der Waals surface area contributed by atoms with Crippen molar-refractivity contribution >= 4 is 40.0 Å². The molecule has 4 rings (SSSR count). The summed E-state index contributed by atoms with van der Waals surface area (Å²) in [7, 11) is 0. The Kier molecular flexibility index (Phi) is 4.31. The number of thiophene rings is 1. The predicted molar refractivity (Wildman–Crippen MR) is 96.7 cm³/mol. The molecule has 0 saturated heterocycles. The van der Waals surface area contributed by atoms with Crippen LogP contribution in [0.25, 0.3) is 21.7 Å². The second kappa shape index (κ2) is 6.75. The van der Waals surface area contributed by atoms with Gasteiger partial charge >= 0.3 is 0 Å². The summed E-state index contributed by atoms with van der Waals surface area (Å²) in [6, 6.07) is 12.5. The molecule has 2 N–H and O–H groups in total. The van der Waals surface area contributed by atoms with Crippen LogP contribution in [0.2, 0.25) is 0 Å². The van der Waals surface area contributed by atoms with Crippen molar-refractivity contribution in [3.05, 3.63) is 59.2 Å². The summed E-state index contributed by atoms with van der Waals surface area (Å²) in [5.74, 6) is 0.846. The maximum atomic E-state index is 12.2. The Bertz CT molecular complexity index is 1010. The van der Waals surface area contributed by atoms with Gasteiger partial charge in [0.2, 0.25) is 0 Å². The van der Waals surface area contributed by atoms with Crippen LogP contribution >= 0.6 is 23.1 Å². The zero-order chi connectivity index (χ0) is 17.2. The molecule has 0 saturated carbocycles. The molecule has 4 aromatic rings. The monoisotopic (exact) mass is 371 g/mol. The van der Waals surface area contributed by atoms with E-state index < -0.39 is 6.10 Å². The van der Waals surface area contributed by atoms with Crippen LogP contribution in [-0.4, -0.2) is 26.3 Å². The lowest BCUT2D eigenvalue weighted by Crippen LogP contribution is -2.28. The molecule has 126 valence electrons. The Labute approximate surface area is 151 Å². The van der Waals surface area contributed by atoms with E-state index in [9.17, 15) is 9.90 Å². The first-order valence-electron chi connectivity index (χ1n) is 7.53. The van der Waals surface area contributed by atoms with E-state index in [-0.39, 0.29) is 12.5 Å². The molecule has 0 radical (unpaired) electrons. The first kappa shape index (κ1) is 15.9. The zero-order valence-corrected chi connectivity index (χ0v) is 14.5. The lowest BCUT2D eigenvalue weighted by atomic mass is 10.2. The maximum Gasteiger partial charge on any atom is 0.251 e. The van der Waals surface area contributed by atoms with Crippen molar-refractivity contribution in [1.82, 2.24) is 14.1 Å². The smallest absolute Gasteiger partial charge is 0.251 e. The van der Waals surface area contributed by atoms with Crippen LogP contribution in [0.4, 0.5) is 0 Å². The molecule has 1 unspecified atom stereocenters. The minimum Gasteiger partial charge on any atom is -0.457 e. The van der Waals surface area contributed by atoms with Gasteiger partial charge in [0.1, 0.15) is 28.7 Å². The van der Waals surface area contributed by atoms with E-state index in [0.717, 1.165) is 22.1 Å². The minimum atomic E-state index is -0.915. The number of nitrogens with one attached hydrogen (secondary N) is 1. The van der Waals surface area contributed by atoms with Crippen LogP contribution in [-0.2, 0) is 0 Å². The van der Waals surface area contributed by atoms with E-state index in [1.807, 2.05) is 23.6 Å². The third-order valence-corrected chi connectivity index (χ3v) is 5.13. The number of furan rings is 1. The lowest BCUT2D eigenvalue weighted by molar-refractivity contribution is 0.0902. The summed E-state index contributed by atoms with van der Waals surface area (Å²) >= 11 is 2.67. The van der Waals surface area contributed by atoms with Crippen molar-refractivity contribution in [2.24, 2.45) is 0 Å². The molecule has 0 bridgehead atoms. The van der Waals surface area contributed by atoms with Gasteiger partial charge in [-0.05, 0) is 41.8 Å². The van der Waals surface area contributed by atoms with Gasteiger partial charge < -0.3 is 14.8 Å². The Morgan fingerprint density at radius 3 is 2.92 bits per heavy atom. The third-order valence-electron chi connectivity index (χ3n) is 3.69. The van der Waals surface area contributed by atoms with Crippen molar-refractivity contribution in [3.63, 3.8) is 0 Å². The van der Waals surface area contributed by atoms with E-state index in [2.05, 4.69) is 14.1 Å². The van der Waals surface area contributed by atoms with Crippen LogP contribution in [0.5, 0.6) is 0 Å². The highest BCUT2D eigenvalue weighted by Gasteiger charge is 2.16. The van der Waals surface area contributed by atoms with Gasteiger partial charge in [-0.3, -0.25) is 4.79 Å². The van der Waals surface area contributed by atoms with E-state index in [4.69, 9.17) is 4.42 Å². The predicted octanol–water partition coefficient (Wildman–Crippen LogP) is 3.48. The number of fused-ring (bicyclic) bond motifs is 1. The molecule has 0 fully saturated rings. The number of amides is 1. The molecule has 1 amide bonds. The first-order valence-corrected chi connectivity index (χ1v) is 9.14. The highest BCUT2D eigenvalue weighted by Crippen LogP contribution is 2.28. The molecule has 1 aromatic carbocycles.